The van der Waals surface area contributed by atoms with Crippen LogP contribution in [0.25, 0.3) is 22.4 Å². The number of aromatic nitrogens is 2. The van der Waals surface area contributed by atoms with E-state index in [1.165, 1.54) is 16.7 Å². The fourth-order valence-electron chi connectivity index (χ4n) is 2.20. The highest BCUT2D eigenvalue weighted by Gasteiger charge is 2.04. The van der Waals surface area contributed by atoms with Crippen molar-refractivity contribution < 1.29 is 0 Å². The predicted molar refractivity (Wildman–Crippen MR) is 77.6 cm³/mol. The van der Waals surface area contributed by atoms with Crippen molar-refractivity contribution in [2.75, 3.05) is 0 Å². The molecule has 0 amide bonds. The first-order valence-electron chi connectivity index (χ1n) is 6.27. The van der Waals surface area contributed by atoms with Crippen LogP contribution in [0, 0.1) is 6.92 Å². The first kappa shape index (κ1) is 11.6. The van der Waals surface area contributed by atoms with E-state index in [2.05, 4.69) is 65.4 Å². The van der Waals surface area contributed by atoms with Gasteiger partial charge < -0.3 is 0 Å². The number of benzene rings is 2. The SMILES string of the molecule is Cc1ccccc1-c1cccc(-c2ccncn2)c1. The fourth-order valence-corrected chi connectivity index (χ4v) is 2.20. The van der Waals surface area contributed by atoms with E-state index in [4.69, 9.17) is 0 Å². The summed E-state index contributed by atoms with van der Waals surface area (Å²) in [6.07, 6.45) is 3.35. The molecule has 3 aromatic rings. The average molecular weight is 246 g/mol. The van der Waals surface area contributed by atoms with Crippen molar-refractivity contribution in [2.24, 2.45) is 0 Å². The van der Waals surface area contributed by atoms with Gasteiger partial charge in [0.1, 0.15) is 6.33 Å². The number of rotatable bonds is 2. The lowest BCUT2D eigenvalue weighted by Crippen LogP contribution is -1.86. The molecule has 19 heavy (non-hydrogen) atoms. The first-order valence-corrected chi connectivity index (χ1v) is 6.27. The minimum absolute atomic E-state index is 0.949. The van der Waals surface area contributed by atoms with Crippen molar-refractivity contribution in [2.45, 2.75) is 6.92 Å². The van der Waals surface area contributed by atoms with E-state index in [1.54, 1.807) is 12.5 Å². The Morgan fingerprint density at radius 1 is 0.842 bits per heavy atom. The number of hydrogen-bond donors (Lipinski definition) is 0. The molecule has 0 aliphatic carbocycles. The number of nitrogens with zero attached hydrogens (tertiary/aromatic N) is 2. The molecule has 0 spiro atoms. The Bertz CT molecular complexity index is 690. The largest absolute Gasteiger partial charge is 0.245 e. The van der Waals surface area contributed by atoms with Crippen LogP contribution in [0.5, 0.6) is 0 Å². The van der Waals surface area contributed by atoms with Crippen LogP contribution in [0.2, 0.25) is 0 Å². The molecule has 3 rings (SSSR count). The Morgan fingerprint density at radius 2 is 1.68 bits per heavy atom. The molecule has 0 fully saturated rings. The summed E-state index contributed by atoms with van der Waals surface area (Å²) < 4.78 is 0. The second-order valence-corrected chi connectivity index (χ2v) is 4.49. The van der Waals surface area contributed by atoms with Gasteiger partial charge in [-0.05, 0) is 35.7 Å². The fraction of sp³-hybridized carbons (Fsp3) is 0.0588. The highest BCUT2D eigenvalue weighted by atomic mass is 14.8. The molecule has 0 aliphatic heterocycles. The molecule has 2 aromatic carbocycles. The lowest BCUT2D eigenvalue weighted by Gasteiger charge is -2.07. The zero-order chi connectivity index (χ0) is 13.1. The summed E-state index contributed by atoms with van der Waals surface area (Å²) in [7, 11) is 0. The Morgan fingerprint density at radius 3 is 2.47 bits per heavy atom. The monoisotopic (exact) mass is 246 g/mol. The quantitative estimate of drug-likeness (QED) is 0.679. The van der Waals surface area contributed by atoms with E-state index in [-0.39, 0.29) is 0 Å². The third-order valence-electron chi connectivity index (χ3n) is 3.20. The molecule has 0 unspecified atom stereocenters. The maximum Gasteiger partial charge on any atom is 0.116 e. The van der Waals surface area contributed by atoms with Crippen molar-refractivity contribution in [1.82, 2.24) is 9.97 Å². The van der Waals surface area contributed by atoms with Crippen LogP contribution in [-0.4, -0.2) is 9.97 Å². The van der Waals surface area contributed by atoms with Gasteiger partial charge in [-0.3, -0.25) is 0 Å². The highest BCUT2D eigenvalue weighted by Crippen LogP contribution is 2.27. The second kappa shape index (κ2) is 5.02. The van der Waals surface area contributed by atoms with Crippen molar-refractivity contribution in [3.05, 3.63) is 72.7 Å². The van der Waals surface area contributed by atoms with Crippen LogP contribution >= 0.6 is 0 Å². The van der Waals surface area contributed by atoms with Gasteiger partial charge in [-0.1, -0.05) is 42.5 Å². The molecule has 0 aliphatic rings. The molecule has 2 heteroatoms. The average Bonchev–Trinajstić information content (AvgIpc) is 2.49. The summed E-state index contributed by atoms with van der Waals surface area (Å²) in [6, 6.07) is 18.8. The molecule has 0 saturated heterocycles. The minimum atomic E-state index is 0.949. The van der Waals surface area contributed by atoms with Gasteiger partial charge in [0.05, 0.1) is 5.69 Å². The summed E-state index contributed by atoms with van der Waals surface area (Å²) in [5, 5.41) is 0. The molecule has 0 bridgehead atoms. The molecule has 0 radical (unpaired) electrons. The molecule has 2 nitrogen and oxygen atoms in total. The first-order chi connectivity index (χ1) is 9.34. The van der Waals surface area contributed by atoms with E-state index in [1.807, 2.05) is 6.07 Å². The van der Waals surface area contributed by atoms with E-state index in [0.29, 0.717) is 0 Å². The molecule has 0 atom stereocenters. The Hall–Kier alpha value is -2.48. The van der Waals surface area contributed by atoms with Crippen LogP contribution < -0.4 is 0 Å². The molecular weight excluding hydrogens is 232 g/mol. The van der Waals surface area contributed by atoms with Crippen molar-refractivity contribution in [3.8, 4) is 22.4 Å². The van der Waals surface area contributed by atoms with Gasteiger partial charge in [0.2, 0.25) is 0 Å². The highest BCUT2D eigenvalue weighted by molar-refractivity contribution is 5.73. The van der Waals surface area contributed by atoms with Crippen LogP contribution in [0.3, 0.4) is 0 Å². The summed E-state index contributed by atoms with van der Waals surface area (Å²) in [6.45, 7) is 2.13. The maximum absolute atomic E-state index is 4.30. The van der Waals surface area contributed by atoms with Gasteiger partial charge in [-0.2, -0.15) is 0 Å². The normalized spacial score (nSPS) is 10.4. The van der Waals surface area contributed by atoms with Crippen molar-refractivity contribution in [1.29, 1.82) is 0 Å². The Labute approximate surface area is 112 Å². The predicted octanol–water partition coefficient (Wildman–Crippen LogP) is 4.12. The topological polar surface area (TPSA) is 25.8 Å². The Balaban J connectivity index is 2.09. The van der Waals surface area contributed by atoms with Crippen molar-refractivity contribution in [3.63, 3.8) is 0 Å². The van der Waals surface area contributed by atoms with E-state index in [9.17, 15) is 0 Å². The van der Waals surface area contributed by atoms with Gasteiger partial charge in [0.15, 0.2) is 0 Å². The third-order valence-corrected chi connectivity index (χ3v) is 3.20. The molecule has 0 N–H and O–H groups in total. The standard InChI is InChI=1S/C17H14N2/c1-13-5-2-3-8-16(13)14-6-4-7-15(11-14)17-9-10-18-12-19-17/h2-12H,1H3. The van der Waals surface area contributed by atoms with Gasteiger partial charge in [-0.25, -0.2) is 9.97 Å². The summed E-state index contributed by atoms with van der Waals surface area (Å²) in [4.78, 5) is 8.25. The Kier molecular flexibility index (Phi) is 3.07. The number of hydrogen-bond acceptors (Lipinski definition) is 2. The van der Waals surface area contributed by atoms with Gasteiger partial charge in [0, 0.05) is 11.8 Å². The smallest absolute Gasteiger partial charge is 0.116 e. The molecule has 0 saturated carbocycles. The minimum Gasteiger partial charge on any atom is -0.245 e. The summed E-state index contributed by atoms with van der Waals surface area (Å²) in [5.74, 6) is 0. The second-order valence-electron chi connectivity index (χ2n) is 4.49. The molecular formula is C17H14N2. The van der Waals surface area contributed by atoms with Gasteiger partial charge in [-0.15, -0.1) is 0 Å². The molecule has 1 heterocycles. The zero-order valence-corrected chi connectivity index (χ0v) is 10.7. The van der Waals surface area contributed by atoms with Crippen LogP contribution in [0.15, 0.2) is 67.1 Å². The summed E-state index contributed by atoms with van der Waals surface area (Å²) >= 11 is 0. The van der Waals surface area contributed by atoms with Gasteiger partial charge in [0.25, 0.3) is 0 Å². The third kappa shape index (κ3) is 2.38. The zero-order valence-electron chi connectivity index (χ0n) is 10.7. The van der Waals surface area contributed by atoms with Gasteiger partial charge >= 0.3 is 0 Å². The summed E-state index contributed by atoms with van der Waals surface area (Å²) in [5.41, 5.74) is 5.82. The molecule has 1 aromatic heterocycles. The van der Waals surface area contributed by atoms with E-state index in [0.717, 1.165) is 11.3 Å². The van der Waals surface area contributed by atoms with E-state index >= 15 is 0 Å². The number of aryl methyl sites for hydroxylation is 1. The maximum atomic E-state index is 4.30. The van der Waals surface area contributed by atoms with E-state index < -0.39 is 0 Å². The lowest BCUT2D eigenvalue weighted by molar-refractivity contribution is 1.17. The van der Waals surface area contributed by atoms with Crippen LogP contribution in [-0.2, 0) is 0 Å². The van der Waals surface area contributed by atoms with Crippen LogP contribution in [0.4, 0.5) is 0 Å². The lowest BCUT2D eigenvalue weighted by atomic mass is 9.98. The van der Waals surface area contributed by atoms with Crippen molar-refractivity contribution >= 4 is 0 Å². The molecule has 92 valence electrons. The van der Waals surface area contributed by atoms with Crippen LogP contribution in [0.1, 0.15) is 5.56 Å².